The Bertz CT molecular complexity index is 882. The Morgan fingerprint density at radius 2 is 1.15 bits per heavy atom. The molecule has 0 bridgehead atoms. The molecular weight excluding hydrogens is 328 g/mol. The van der Waals surface area contributed by atoms with E-state index in [0.717, 1.165) is 12.8 Å². The van der Waals surface area contributed by atoms with Gasteiger partial charge in [-0.2, -0.15) is 0 Å². The zero-order valence-corrected chi connectivity index (χ0v) is 16.2. The standard InChI is InChI=1S/C25H24Si/c1-26(23-15-7-3-8-16-23,24-17-9-4-10-18-24)25-19-11-14-22(25)20-21-12-5-2-6-13-21/h2-10,12-19H,11,20H2,1H3. The molecule has 0 atom stereocenters. The molecule has 0 unspecified atom stereocenters. The van der Waals surface area contributed by atoms with Crippen LogP contribution in [0.4, 0.5) is 0 Å². The van der Waals surface area contributed by atoms with Gasteiger partial charge in [0.1, 0.15) is 8.07 Å². The molecule has 1 heteroatoms. The summed E-state index contributed by atoms with van der Waals surface area (Å²) in [4.78, 5) is 0. The second-order valence-electron chi connectivity index (χ2n) is 7.10. The van der Waals surface area contributed by atoms with Crippen LogP contribution in [0, 0.1) is 0 Å². The van der Waals surface area contributed by atoms with E-state index in [1.54, 1.807) is 5.20 Å². The molecule has 0 N–H and O–H groups in total. The van der Waals surface area contributed by atoms with E-state index < -0.39 is 8.07 Å². The Balaban J connectivity index is 1.79. The fourth-order valence-electron chi connectivity index (χ4n) is 4.09. The molecule has 0 aromatic heterocycles. The molecule has 0 aliphatic heterocycles. The van der Waals surface area contributed by atoms with Crippen LogP contribution in [-0.4, -0.2) is 8.07 Å². The van der Waals surface area contributed by atoms with Crippen LogP contribution in [0.2, 0.25) is 6.55 Å². The predicted molar refractivity (Wildman–Crippen MR) is 115 cm³/mol. The highest BCUT2D eigenvalue weighted by Crippen LogP contribution is 2.31. The Morgan fingerprint density at radius 1 is 0.654 bits per heavy atom. The van der Waals surface area contributed by atoms with Gasteiger partial charge in [-0.15, -0.1) is 0 Å². The summed E-state index contributed by atoms with van der Waals surface area (Å²) >= 11 is 0. The summed E-state index contributed by atoms with van der Waals surface area (Å²) in [6.45, 7) is 2.51. The Hall–Kier alpha value is -2.64. The third kappa shape index (κ3) is 3.11. The van der Waals surface area contributed by atoms with E-state index in [1.165, 1.54) is 21.5 Å². The molecule has 0 saturated heterocycles. The second kappa shape index (κ2) is 7.31. The highest BCUT2D eigenvalue weighted by atomic mass is 28.3. The van der Waals surface area contributed by atoms with Crippen molar-refractivity contribution in [1.29, 1.82) is 0 Å². The van der Waals surface area contributed by atoms with Crippen LogP contribution in [0.3, 0.4) is 0 Å². The molecule has 3 aromatic carbocycles. The Labute approximate surface area is 157 Å². The van der Waals surface area contributed by atoms with Gasteiger partial charge < -0.3 is 0 Å². The lowest BCUT2D eigenvalue weighted by molar-refractivity contribution is 1.18. The smallest absolute Gasteiger partial charge is 0.0804 e. The molecule has 26 heavy (non-hydrogen) atoms. The summed E-state index contributed by atoms with van der Waals surface area (Å²) < 4.78 is 0. The van der Waals surface area contributed by atoms with Crippen molar-refractivity contribution >= 4 is 18.4 Å². The van der Waals surface area contributed by atoms with E-state index >= 15 is 0 Å². The zero-order valence-electron chi connectivity index (χ0n) is 15.2. The number of hydrogen-bond donors (Lipinski definition) is 0. The highest BCUT2D eigenvalue weighted by molar-refractivity contribution is 7.07. The van der Waals surface area contributed by atoms with Gasteiger partial charge in [0, 0.05) is 0 Å². The van der Waals surface area contributed by atoms with Crippen LogP contribution in [0.15, 0.2) is 114 Å². The maximum atomic E-state index is 2.51. The molecule has 0 spiro atoms. The SMILES string of the molecule is C[Si](C1=CCC=C1Cc1ccccc1)(c1ccccc1)c1ccccc1. The van der Waals surface area contributed by atoms with Crippen molar-refractivity contribution in [3.8, 4) is 0 Å². The van der Waals surface area contributed by atoms with E-state index in [1.807, 2.05) is 0 Å². The van der Waals surface area contributed by atoms with Crippen molar-refractivity contribution in [2.24, 2.45) is 0 Å². The van der Waals surface area contributed by atoms with Crippen LogP contribution in [0.25, 0.3) is 0 Å². The van der Waals surface area contributed by atoms with E-state index in [2.05, 4.69) is 110 Å². The van der Waals surface area contributed by atoms with Crippen molar-refractivity contribution in [2.75, 3.05) is 0 Å². The summed E-state index contributed by atoms with van der Waals surface area (Å²) in [7, 11) is -1.99. The van der Waals surface area contributed by atoms with Gasteiger partial charge in [0.2, 0.25) is 0 Å². The van der Waals surface area contributed by atoms with Gasteiger partial charge in [-0.3, -0.25) is 0 Å². The van der Waals surface area contributed by atoms with Gasteiger partial charge in [-0.05, 0) is 34.4 Å². The molecule has 4 rings (SSSR count). The van der Waals surface area contributed by atoms with Crippen molar-refractivity contribution in [3.63, 3.8) is 0 Å². The quantitative estimate of drug-likeness (QED) is 0.572. The van der Waals surface area contributed by atoms with Gasteiger partial charge in [0.15, 0.2) is 0 Å². The first kappa shape index (κ1) is 16.8. The van der Waals surface area contributed by atoms with Gasteiger partial charge >= 0.3 is 0 Å². The van der Waals surface area contributed by atoms with E-state index in [-0.39, 0.29) is 0 Å². The summed E-state index contributed by atoms with van der Waals surface area (Å²) in [5.74, 6) is 0. The number of allylic oxidation sites excluding steroid dienone is 4. The molecule has 1 aliphatic rings. The lowest BCUT2D eigenvalue weighted by Crippen LogP contribution is -2.57. The first-order valence-electron chi connectivity index (χ1n) is 9.33. The lowest BCUT2D eigenvalue weighted by Gasteiger charge is -2.32. The van der Waals surface area contributed by atoms with Crippen LogP contribution < -0.4 is 10.4 Å². The Morgan fingerprint density at radius 3 is 1.69 bits per heavy atom. The van der Waals surface area contributed by atoms with E-state index in [0.29, 0.717) is 0 Å². The molecule has 0 heterocycles. The predicted octanol–water partition coefficient (Wildman–Crippen LogP) is 4.92. The molecule has 128 valence electrons. The number of rotatable bonds is 5. The largest absolute Gasteiger partial charge is 0.145 e. The summed E-state index contributed by atoms with van der Waals surface area (Å²) in [6, 6.07) is 33.1. The van der Waals surface area contributed by atoms with Gasteiger partial charge in [0.25, 0.3) is 0 Å². The third-order valence-electron chi connectivity index (χ3n) is 5.51. The van der Waals surface area contributed by atoms with E-state index in [9.17, 15) is 0 Å². The highest BCUT2D eigenvalue weighted by Gasteiger charge is 2.38. The lowest BCUT2D eigenvalue weighted by atomic mass is 10.1. The first-order chi connectivity index (χ1) is 12.8. The third-order valence-corrected chi connectivity index (χ3v) is 10.1. The number of benzene rings is 3. The minimum atomic E-state index is -1.99. The fraction of sp³-hybridized carbons (Fsp3) is 0.120. The van der Waals surface area contributed by atoms with Crippen LogP contribution in [0.1, 0.15) is 12.0 Å². The molecule has 0 saturated carbocycles. The first-order valence-corrected chi connectivity index (χ1v) is 11.8. The van der Waals surface area contributed by atoms with Gasteiger partial charge in [0.05, 0.1) is 0 Å². The van der Waals surface area contributed by atoms with Crippen molar-refractivity contribution in [2.45, 2.75) is 19.4 Å². The topological polar surface area (TPSA) is 0 Å². The molecule has 0 amide bonds. The average molecular weight is 353 g/mol. The summed E-state index contributed by atoms with van der Waals surface area (Å²) in [5.41, 5.74) is 2.90. The molecule has 3 aromatic rings. The maximum Gasteiger partial charge on any atom is 0.145 e. The Kier molecular flexibility index (Phi) is 4.72. The fourth-order valence-corrected chi connectivity index (χ4v) is 8.12. The maximum absolute atomic E-state index is 2.51. The molecule has 0 fully saturated rings. The number of hydrogen-bond acceptors (Lipinski definition) is 0. The van der Waals surface area contributed by atoms with E-state index in [4.69, 9.17) is 0 Å². The van der Waals surface area contributed by atoms with Crippen LogP contribution in [-0.2, 0) is 6.42 Å². The van der Waals surface area contributed by atoms with Crippen LogP contribution >= 0.6 is 0 Å². The normalized spacial score (nSPS) is 14.0. The monoisotopic (exact) mass is 352 g/mol. The van der Waals surface area contributed by atoms with Gasteiger partial charge in [-0.25, -0.2) is 0 Å². The zero-order chi connectivity index (χ0) is 17.8. The van der Waals surface area contributed by atoms with Crippen molar-refractivity contribution in [1.82, 2.24) is 0 Å². The van der Waals surface area contributed by atoms with Crippen LogP contribution in [0.5, 0.6) is 0 Å². The van der Waals surface area contributed by atoms with Gasteiger partial charge in [-0.1, -0.05) is 115 Å². The van der Waals surface area contributed by atoms with Crippen molar-refractivity contribution < 1.29 is 0 Å². The average Bonchev–Trinajstić information content (AvgIpc) is 3.18. The molecule has 0 radical (unpaired) electrons. The second-order valence-corrected chi connectivity index (χ2v) is 11.0. The molecular formula is C25H24Si. The molecule has 0 nitrogen and oxygen atoms in total. The summed E-state index contributed by atoms with van der Waals surface area (Å²) in [6.07, 6.45) is 6.98. The minimum absolute atomic E-state index is 1.02. The minimum Gasteiger partial charge on any atom is -0.0804 e. The summed E-state index contributed by atoms with van der Waals surface area (Å²) in [5, 5.41) is 4.55. The molecule has 1 aliphatic carbocycles. The van der Waals surface area contributed by atoms with Crippen molar-refractivity contribution in [3.05, 3.63) is 119 Å².